The highest BCUT2D eigenvalue weighted by Gasteiger charge is 2.32. The summed E-state index contributed by atoms with van der Waals surface area (Å²) in [5, 5.41) is 12.1. The lowest BCUT2D eigenvalue weighted by Gasteiger charge is -2.22. The van der Waals surface area contributed by atoms with Gasteiger partial charge in [-0.15, -0.1) is 5.10 Å². The lowest BCUT2D eigenvalue weighted by molar-refractivity contribution is 0.281. The summed E-state index contributed by atoms with van der Waals surface area (Å²) in [7, 11) is 0. The molecule has 0 spiro atoms. The number of aromatic nitrogens is 4. The number of likely N-dealkylation sites (tertiary alicyclic amines) is 1. The normalized spacial score (nSPS) is 22.8. The van der Waals surface area contributed by atoms with E-state index in [0.29, 0.717) is 0 Å². The standard InChI is InChI=1S/C15H22N6/c1-15(11-16)8-10-20(12-15)9-7-14-17-18-19-21(14)13-5-3-2-4-6-13/h2-6H,7-12,16H2,1H3. The first-order valence-electron chi connectivity index (χ1n) is 7.45. The summed E-state index contributed by atoms with van der Waals surface area (Å²) < 4.78 is 1.82. The zero-order chi connectivity index (χ0) is 14.7. The predicted molar refractivity (Wildman–Crippen MR) is 81.1 cm³/mol. The molecule has 1 fully saturated rings. The smallest absolute Gasteiger partial charge is 0.157 e. The second-order valence-electron chi connectivity index (χ2n) is 6.13. The van der Waals surface area contributed by atoms with Gasteiger partial charge in [-0.1, -0.05) is 25.1 Å². The fourth-order valence-corrected chi connectivity index (χ4v) is 2.87. The molecule has 6 nitrogen and oxygen atoms in total. The van der Waals surface area contributed by atoms with Crippen molar-refractivity contribution in [3.8, 4) is 5.69 Å². The molecule has 0 aliphatic carbocycles. The monoisotopic (exact) mass is 286 g/mol. The van der Waals surface area contributed by atoms with Crippen LogP contribution in [0.3, 0.4) is 0 Å². The molecule has 1 aliphatic heterocycles. The van der Waals surface area contributed by atoms with Crippen molar-refractivity contribution in [2.24, 2.45) is 11.1 Å². The van der Waals surface area contributed by atoms with Gasteiger partial charge in [-0.3, -0.25) is 0 Å². The molecule has 2 aromatic rings. The Morgan fingerprint density at radius 2 is 2.10 bits per heavy atom. The second-order valence-corrected chi connectivity index (χ2v) is 6.13. The molecule has 1 aromatic carbocycles. The van der Waals surface area contributed by atoms with E-state index >= 15 is 0 Å². The Morgan fingerprint density at radius 1 is 1.29 bits per heavy atom. The molecule has 112 valence electrons. The molecule has 1 unspecified atom stereocenters. The summed E-state index contributed by atoms with van der Waals surface area (Å²) in [5.74, 6) is 0.905. The van der Waals surface area contributed by atoms with Crippen LogP contribution in [0.1, 0.15) is 19.2 Å². The van der Waals surface area contributed by atoms with E-state index in [1.165, 1.54) is 6.42 Å². The first-order chi connectivity index (χ1) is 10.2. The van der Waals surface area contributed by atoms with Gasteiger partial charge in [0, 0.05) is 19.5 Å². The maximum atomic E-state index is 5.86. The number of nitrogens with two attached hydrogens (primary N) is 1. The Morgan fingerprint density at radius 3 is 2.81 bits per heavy atom. The van der Waals surface area contributed by atoms with Gasteiger partial charge in [0.2, 0.25) is 0 Å². The quantitative estimate of drug-likeness (QED) is 0.883. The average molecular weight is 286 g/mol. The van der Waals surface area contributed by atoms with Crippen molar-refractivity contribution in [2.45, 2.75) is 19.8 Å². The minimum Gasteiger partial charge on any atom is -0.330 e. The van der Waals surface area contributed by atoms with Gasteiger partial charge in [0.1, 0.15) is 0 Å². The van der Waals surface area contributed by atoms with Crippen LogP contribution in [0.25, 0.3) is 5.69 Å². The fraction of sp³-hybridized carbons (Fsp3) is 0.533. The molecular weight excluding hydrogens is 264 g/mol. The third-order valence-electron chi connectivity index (χ3n) is 4.32. The molecule has 0 saturated carbocycles. The molecule has 1 atom stereocenters. The van der Waals surface area contributed by atoms with Crippen molar-refractivity contribution >= 4 is 0 Å². The SMILES string of the molecule is CC1(CN)CCN(CCc2nnnn2-c2ccccc2)C1. The number of rotatable bonds is 5. The Balaban J connectivity index is 1.64. The Bertz CT molecular complexity index is 581. The van der Waals surface area contributed by atoms with E-state index in [-0.39, 0.29) is 5.41 Å². The van der Waals surface area contributed by atoms with Crippen LogP contribution in [0.5, 0.6) is 0 Å². The molecule has 0 bridgehead atoms. The lowest BCUT2D eigenvalue weighted by atomic mass is 9.90. The highest BCUT2D eigenvalue weighted by molar-refractivity contribution is 5.30. The van der Waals surface area contributed by atoms with E-state index in [2.05, 4.69) is 27.3 Å². The van der Waals surface area contributed by atoms with Gasteiger partial charge >= 0.3 is 0 Å². The summed E-state index contributed by atoms with van der Waals surface area (Å²) in [6.45, 7) is 6.17. The van der Waals surface area contributed by atoms with Crippen molar-refractivity contribution < 1.29 is 0 Å². The van der Waals surface area contributed by atoms with Gasteiger partial charge in [-0.25, -0.2) is 0 Å². The number of para-hydroxylation sites is 1. The average Bonchev–Trinajstić information content (AvgIpc) is 3.13. The topological polar surface area (TPSA) is 72.9 Å². The van der Waals surface area contributed by atoms with Gasteiger partial charge in [0.15, 0.2) is 5.82 Å². The van der Waals surface area contributed by atoms with Crippen LogP contribution in [0.2, 0.25) is 0 Å². The maximum Gasteiger partial charge on any atom is 0.157 e. The molecule has 3 rings (SSSR count). The van der Waals surface area contributed by atoms with E-state index < -0.39 is 0 Å². The Labute approximate surface area is 124 Å². The first kappa shape index (κ1) is 14.2. The first-order valence-corrected chi connectivity index (χ1v) is 7.45. The van der Waals surface area contributed by atoms with Gasteiger partial charge in [0.05, 0.1) is 5.69 Å². The Kier molecular flexibility index (Phi) is 3.98. The van der Waals surface area contributed by atoms with Crippen molar-refractivity contribution in [3.05, 3.63) is 36.2 Å². The van der Waals surface area contributed by atoms with E-state index in [0.717, 1.165) is 44.1 Å². The molecule has 21 heavy (non-hydrogen) atoms. The zero-order valence-corrected chi connectivity index (χ0v) is 12.4. The van der Waals surface area contributed by atoms with E-state index in [4.69, 9.17) is 5.73 Å². The van der Waals surface area contributed by atoms with Gasteiger partial charge < -0.3 is 10.6 Å². The molecule has 0 radical (unpaired) electrons. The molecule has 2 N–H and O–H groups in total. The number of nitrogens with zero attached hydrogens (tertiary/aromatic N) is 5. The molecule has 1 aliphatic rings. The highest BCUT2D eigenvalue weighted by Crippen LogP contribution is 2.28. The van der Waals surface area contributed by atoms with Gasteiger partial charge in [-0.05, 0) is 47.5 Å². The summed E-state index contributed by atoms with van der Waals surface area (Å²) in [5.41, 5.74) is 7.13. The summed E-state index contributed by atoms with van der Waals surface area (Å²) >= 11 is 0. The van der Waals surface area contributed by atoms with E-state index in [1.54, 1.807) is 0 Å². The van der Waals surface area contributed by atoms with Crippen LogP contribution in [-0.4, -0.2) is 51.3 Å². The van der Waals surface area contributed by atoms with Crippen LogP contribution in [0, 0.1) is 5.41 Å². The van der Waals surface area contributed by atoms with Crippen molar-refractivity contribution in [3.63, 3.8) is 0 Å². The van der Waals surface area contributed by atoms with Gasteiger partial charge in [0.25, 0.3) is 0 Å². The van der Waals surface area contributed by atoms with E-state index in [9.17, 15) is 0 Å². The summed E-state index contributed by atoms with van der Waals surface area (Å²) in [6.07, 6.45) is 2.02. The lowest BCUT2D eigenvalue weighted by Crippen LogP contribution is -2.32. The number of hydrogen-bond acceptors (Lipinski definition) is 5. The van der Waals surface area contributed by atoms with Crippen LogP contribution in [-0.2, 0) is 6.42 Å². The second kappa shape index (κ2) is 5.91. The van der Waals surface area contributed by atoms with E-state index in [1.807, 2.05) is 35.0 Å². The molecule has 1 saturated heterocycles. The number of tetrazole rings is 1. The third-order valence-corrected chi connectivity index (χ3v) is 4.32. The minimum atomic E-state index is 0.269. The molecule has 6 heteroatoms. The van der Waals surface area contributed by atoms with Crippen molar-refractivity contribution in [1.29, 1.82) is 0 Å². The molecular formula is C15H22N6. The zero-order valence-electron chi connectivity index (χ0n) is 12.4. The molecule has 1 aromatic heterocycles. The third kappa shape index (κ3) is 3.11. The van der Waals surface area contributed by atoms with Crippen LogP contribution in [0.15, 0.2) is 30.3 Å². The Hall–Kier alpha value is -1.79. The largest absolute Gasteiger partial charge is 0.330 e. The predicted octanol–water partition coefficient (Wildman–Crippen LogP) is 0.876. The minimum absolute atomic E-state index is 0.269. The molecule has 0 amide bonds. The summed E-state index contributed by atoms with van der Waals surface area (Å²) in [6, 6.07) is 10.0. The van der Waals surface area contributed by atoms with Crippen molar-refractivity contribution in [2.75, 3.05) is 26.2 Å². The number of hydrogen-bond donors (Lipinski definition) is 1. The fourth-order valence-electron chi connectivity index (χ4n) is 2.87. The van der Waals surface area contributed by atoms with Crippen LogP contribution in [0.4, 0.5) is 0 Å². The maximum absolute atomic E-state index is 5.86. The molecule has 2 heterocycles. The van der Waals surface area contributed by atoms with Gasteiger partial charge in [-0.2, -0.15) is 4.68 Å². The number of benzene rings is 1. The van der Waals surface area contributed by atoms with Crippen LogP contribution < -0.4 is 5.73 Å². The van der Waals surface area contributed by atoms with Crippen molar-refractivity contribution in [1.82, 2.24) is 25.1 Å². The van der Waals surface area contributed by atoms with Crippen LogP contribution >= 0.6 is 0 Å². The summed E-state index contributed by atoms with van der Waals surface area (Å²) in [4.78, 5) is 2.46. The highest BCUT2D eigenvalue weighted by atomic mass is 15.5.